The van der Waals surface area contributed by atoms with E-state index in [1.165, 1.54) is 0 Å². The molecule has 0 fully saturated rings. The van der Waals surface area contributed by atoms with Crippen molar-refractivity contribution in [3.8, 4) is 28.0 Å². The number of nitrogens with zero attached hydrogens (tertiary/aromatic N) is 1. The minimum atomic E-state index is 0.261. The smallest absolute Gasteiger partial charge is 0.132 e. The molecule has 2 heteroatoms. The van der Waals surface area contributed by atoms with Crippen molar-refractivity contribution in [1.29, 1.82) is 0 Å². The molecule has 0 amide bonds. The van der Waals surface area contributed by atoms with Gasteiger partial charge < -0.3 is 5.11 Å². The van der Waals surface area contributed by atoms with E-state index in [0.717, 1.165) is 27.8 Å². The number of benzene rings is 3. The first-order valence-electron chi connectivity index (χ1n) is 7.19. The van der Waals surface area contributed by atoms with Gasteiger partial charge in [-0.1, -0.05) is 60.7 Å². The van der Waals surface area contributed by atoms with Gasteiger partial charge in [0.1, 0.15) is 5.75 Å². The summed E-state index contributed by atoms with van der Waals surface area (Å²) in [5.74, 6) is 0.261. The summed E-state index contributed by atoms with van der Waals surface area (Å²) in [7, 11) is 1.71. The minimum absolute atomic E-state index is 0.261. The molecule has 0 spiro atoms. The monoisotopic (exact) mass is 287 g/mol. The number of aromatic hydroxyl groups is 1. The van der Waals surface area contributed by atoms with E-state index < -0.39 is 0 Å². The topological polar surface area (TPSA) is 32.6 Å². The molecule has 0 unspecified atom stereocenters. The zero-order chi connectivity index (χ0) is 15.4. The average molecular weight is 287 g/mol. The lowest BCUT2D eigenvalue weighted by Crippen LogP contribution is -1.90. The highest BCUT2D eigenvalue weighted by Gasteiger charge is 2.11. The third kappa shape index (κ3) is 2.77. The molecule has 0 atom stereocenters. The van der Waals surface area contributed by atoms with Crippen molar-refractivity contribution in [2.45, 2.75) is 0 Å². The zero-order valence-corrected chi connectivity index (χ0v) is 12.4. The van der Waals surface area contributed by atoms with E-state index in [1.807, 2.05) is 60.7 Å². The van der Waals surface area contributed by atoms with Crippen molar-refractivity contribution in [3.05, 3.63) is 78.4 Å². The van der Waals surface area contributed by atoms with Crippen molar-refractivity contribution in [1.82, 2.24) is 0 Å². The average Bonchev–Trinajstić information content (AvgIpc) is 2.58. The van der Waals surface area contributed by atoms with Gasteiger partial charge in [-0.25, -0.2) is 0 Å². The summed E-state index contributed by atoms with van der Waals surface area (Å²) < 4.78 is 0. The SMILES string of the molecule is CN=Cc1cc(-c2ccccc2)cc(-c2ccccc2)c1O. The van der Waals surface area contributed by atoms with Crippen LogP contribution in [-0.2, 0) is 0 Å². The lowest BCUT2D eigenvalue weighted by Gasteiger charge is -2.11. The lowest BCUT2D eigenvalue weighted by atomic mass is 9.95. The van der Waals surface area contributed by atoms with Crippen molar-refractivity contribution in [3.63, 3.8) is 0 Å². The fraction of sp³-hybridized carbons (Fsp3) is 0.0500. The maximum atomic E-state index is 10.6. The van der Waals surface area contributed by atoms with Crippen molar-refractivity contribution >= 4 is 6.21 Å². The Balaban J connectivity index is 2.23. The van der Waals surface area contributed by atoms with E-state index in [1.54, 1.807) is 13.3 Å². The third-order valence-corrected chi connectivity index (χ3v) is 3.60. The Labute approximate surface area is 130 Å². The predicted molar refractivity (Wildman–Crippen MR) is 92.5 cm³/mol. The largest absolute Gasteiger partial charge is 0.507 e. The Bertz CT molecular complexity index is 793. The number of aliphatic imine (C=N–C) groups is 1. The summed E-state index contributed by atoms with van der Waals surface area (Å²) in [6.07, 6.45) is 1.69. The van der Waals surface area contributed by atoms with Crippen molar-refractivity contribution in [2.75, 3.05) is 7.05 Å². The molecule has 0 aliphatic rings. The van der Waals surface area contributed by atoms with Gasteiger partial charge in [0.2, 0.25) is 0 Å². The highest BCUT2D eigenvalue weighted by Crippen LogP contribution is 2.36. The van der Waals surface area contributed by atoms with Gasteiger partial charge in [0.15, 0.2) is 0 Å². The molecule has 108 valence electrons. The summed E-state index contributed by atoms with van der Waals surface area (Å²) in [6, 6.07) is 24.0. The summed E-state index contributed by atoms with van der Waals surface area (Å²) in [5, 5.41) is 10.6. The number of phenols is 1. The van der Waals surface area contributed by atoms with Crippen LogP contribution in [0.25, 0.3) is 22.3 Å². The second-order valence-electron chi connectivity index (χ2n) is 5.08. The molecular formula is C20H17NO. The molecule has 0 heterocycles. The van der Waals surface area contributed by atoms with Gasteiger partial charge in [-0.2, -0.15) is 0 Å². The minimum Gasteiger partial charge on any atom is -0.507 e. The molecule has 22 heavy (non-hydrogen) atoms. The van der Waals surface area contributed by atoms with E-state index in [0.29, 0.717) is 0 Å². The van der Waals surface area contributed by atoms with Gasteiger partial charge in [-0.05, 0) is 28.8 Å². The Morgan fingerprint density at radius 1 is 0.773 bits per heavy atom. The normalized spacial score (nSPS) is 11.0. The summed E-state index contributed by atoms with van der Waals surface area (Å²) in [5.41, 5.74) is 4.71. The van der Waals surface area contributed by atoms with Gasteiger partial charge in [0.25, 0.3) is 0 Å². The van der Waals surface area contributed by atoms with Crippen LogP contribution in [0.15, 0.2) is 77.8 Å². The molecule has 0 saturated carbocycles. The summed E-state index contributed by atoms with van der Waals surface area (Å²) in [6.45, 7) is 0. The first-order valence-corrected chi connectivity index (χ1v) is 7.19. The summed E-state index contributed by atoms with van der Waals surface area (Å²) >= 11 is 0. The molecular weight excluding hydrogens is 270 g/mol. The van der Waals surface area contributed by atoms with E-state index >= 15 is 0 Å². The van der Waals surface area contributed by atoms with Gasteiger partial charge in [-0.3, -0.25) is 4.99 Å². The number of hydrogen-bond donors (Lipinski definition) is 1. The second-order valence-corrected chi connectivity index (χ2v) is 5.08. The van der Waals surface area contributed by atoms with Crippen LogP contribution in [0.2, 0.25) is 0 Å². The van der Waals surface area contributed by atoms with Crippen LogP contribution in [0.5, 0.6) is 5.75 Å². The Morgan fingerprint density at radius 2 is 1.36 bits per heavy atom. The molecule has 3 aromatic carbocycles. The van der Waals surface area contributed by atoms with E-state index in [-0.39, 0.29) is 5.75 Å². The molecule has 0 aliphatic heterocycles. The standard InChI is InChI=1S/C20H17NO/c1-21-14-18-12-17(15-8-4-2-5-9-15)13-19(20(18)22)16-10-6-3-7-11-16/h2-14,22H,1H3. The fourth-order valence-corrected chi connectivity index (χ4v) is 2.53. The highest BCUT2D eigenvalue weighted by atomic mass is 16.3. The first kappa shape index (κ1) is 14.1. The first-order chi connectivity index (χ1) is 10.8. The van der Waals surface area contributed by atoms with Gasteiger partial charge >= 0.3 is 0 Å². The quantitative estimate of drug-likeness (QED) is 0.691. The Morgan fingerprint density at radius 3 is 1.95 bits per heavy atom. The van der Waals surface area contributed by atoms with Crippen LogP contribution in [0, 0.1) is 0 Å². The van der Waals surface area contributed by atoms with Crippen LogP contribution in [0.1, 0.15) is 5.56 Å². The number of hydrogen-bond acceptors (Lipinski definition) is 2. The van der Waals surface area contributed by atoms with Gasteiger partial charge in [-0.15, -0.1) is 0 Å². The predicted octanol–water partition coefficient (Wildman–Crippen LogP) is 4.77. The third-order valence-electron chi connectivity index (χ3n) is 3.60. The van der Waals surface area contributed by atoms with Crippen LogP contribution in [-0.4, -0.2) is 18.4 Å². The molecule has 2 nitrogen and oxygen atoms in total. The van der Waals surface area contributed by atoms with Crippen molar-refractivity contribution < 1.29 is 5.11 Å². The lowest BCUT2D eigenvalue weighted by molar-refractivity contribution is 0.476. The molecule has 0 aliphatic carbocycles. The van der Waals surface area contributed by atoms with Crippen molar-refractivity contribution in [2.24, 2.45) is 4.99 Å². The maximum absolute atomic E-state index is 10.6. The zero-order valence-electron chi connectivity index (χ0n) is 12.4. The molecule has 0 saturated heterocycles. The molecule has 0 aromatic heterocycles. The van der Waals surface area contributed by atoms with Crippen LogP contribution in [0.3, 0.4) is 0 Å². The molecule has 1 N–H and O–H groups in total. The molecule has 3 rings (SSSR count). The van der Waals surface area contributed by atoms with Crippen LogP contribution in [0.4, 0.5) is 0 Å². The molecule has 0 bridgehead atoms. The Hall–Kier alpha value is -2.87. The molecule has 3 aromatic rings. The van der Waals surface area contributed by atoms with Crippen LogP contribution < -0.4 is 0 Å². The van der Waals surface area contributed by atoms with Gasteiger partial charge in [0, 0.05) is 24.4 Å². The fourth-order valence-electron chi connectivity index (χ4n) is 2.53. The van der Waals surface area contributed by atoms with E-state index in [4.69, 9.17) is 0 Å². The maximum Gasteiger partial charge on any atom is 0.132 e. The second kappa shape index (κ2) is 6.27. The van der Waals surface area contributed by atoms with E-state index in [9.17, 15) is 5.11 Å². The van der Waals surface area contributed by atoms with Gasteiger partial charge in [0.05, 0.1) is 0 Å². The Kier molecular flexibility index (Phi) is 4.01. The highest BCUT2D eigenvalue weighted by molar-refractivity contribution is 5.92. The number of rotatable bonds is 3. The van der Waals surface area contributed by atoms with E-state index in [2.05, 4.69) is 17.1 Å². The molecule has 0 radical (unpaired) electrons. The summed E-state index contributed by atoms with van der Waals surface area (Å²) in [4.78, 5) is 4.05. The number of phenolic OH excluding ortho intramolecular Hbond substituents is 1. The van der Waals surface area contributed by atoms with Crippen LogP contribution >= 0.6 is 0 Å².